The summed E-state index contributed by atoms with van der Waals surface area (Å²) in [6.45, 7) is 0. The van der Waals surface area contributed by atoms with E-state index < -0.39 is 0 Å². The van der Waals surface area contributed by atoms with E-state index >= 15 is 0 Å². The lowest BCUT2D eigenvalue weighted by Crippen LogP contribution is -1.93. The topological polar surface area (TPSA) is 81.0 Å². The van der Waals surface area contributed by atoms with Crippen molar-refractivity contribution >= 4 is 27.5 Å². The van der Waals surface area contributed by atoms with Crippen molar-refractivity contribution in [2.24, 2.45) is 0 Å². The molecular weight excluding hydrogens is 232 g/mol. The van der Waals surface area contributed by atoms with Crippen LogP contribution in [0.4, 0.5) is 0 Å². The van der Waals surface area contributed by atoms with Gasteiger partial charge in [0.2, 0.25) is 5.65 Å². The Kier molecular flexibility index (Phi) is 1.64. The van der Waals surface area contributed by atoms with Crippen LogP contribution >= 0.6 is 0 Å². The Labute approximate surface area is 100 Å². The maximum Gasteiger partial charge on any atom is 0.223 e. The molecule has 0 spiro atoms. The van der Waals surface area contributed by atoms with Crippen molar-refractivity contribution in [1.82, 2.24) is 30.2 Å². The minimum absolute atomic E-state index is 0.614. The predicted molar refractivity (Wildman–Crippen MR) is 64.5 cm³/mol. The molecule has 3 heterocycles. The molecule has 0 atom stereocenters. The molecule has 7 heteroatoms. The minimum Gasteiger partial charge on any atom is -0.497 e. The van der Waals surface area contributed by atoms with Gasteiger partial charge in [-0.2, -0.15) is 5.10 Å². The molecular formula is C11H8N6O. The number of tetrazole rings is 1. The van der Waals surface area contributed by atoms with E-state index in [-0.39, 0.29) is 0 Å². The first-order valence-electron chi connectivity index (χ1n) is 5.39. The number of aromatic amines is 1. The van der Waals surface area contributed by atoms with Crippen LogP contribution in [-0.2, 0) is 0 Å². The average Bonchev–Trinajstić information content (AvgIpc) is 3.01. The molecule has 0 unspecified atom stereocenters. The first kappa shape index (κ1) is 9.34. The molecule has 88 valence electrons. The Morgan fingerprint density at radius 1 is 1.28 bits per heavy atom. The lowest BCUT2D eigenvalue weighted by Gasteiger charge is -1.98. The summed E-state index contributed by atoms with van der Waals surface area (Å²) in [6, 6.07) is 5.84. The molecule has 7 nitrogen and oxygen atoms in total. The number of aromatic nitrogens is 6. The SMILES string of the molecule is COc1ccc2[nH]c3c(cnn4nnnc34)c2c1. The van der Waals surface area contributed by atoms with Gasteiger partial charge in [-0.15, -0.1) is 9.73 Å². The molecule has 0 aliphatic rings. The maximum atomic E-state index is 5.23. The minimum atomic E-state index is 0.614. The molecule has 1 aromatic carbocycles. The number of hydrogen-bond donors (Lipinski definition) is 1. The number of methoxy groups -OCH3 is 1. The molecule has 18 heavy (non-hydrogen) atoms. The van der Waals surface area contributed by atoms with E-state index in [0.717, 1.165) is 27.6 Å². The molecule has 3 aromatic heterocycles. The van der Waals surface area contributed by atoms with E-state index in [9.17, 15) is 0 Å². The second-order valence-electron chi connectivity index (χ2n) is 3.96. The molecule has 0 bridgehead atoms. The summed E-state index contributed by atoms with van der Waals surface area (Å²) in [5, 5.41) is 17.5. The normalized spacial score (nSPS) is 11.6. The molecule has 0 saturated heterocycles. The Bertz CT molecular complexity index is 877. The highest BCUT2D eigenvalue weighted by Gasteiger charge is 2.11. The maximum absolute atomic E-state index is 5.23. The molecule has 4 aromatic rings. The predicted octanol–water partition coefficient (Wildman–Crippen LogP) is 1.16. The Hall–Kier alpha value is -2.70. The van der Waals surface area contributed by atoms with Gasteiger partial charge in [-0.05, 0) is 28.6 Å². The van der Waals surface area contributed by atoms with Crippen LogP contribution in [0.5, 0.6) is 5.75 Å². The van der Waals surface area contributed by atoms with E-state index in [1.807, 2.05) is 18.2 Å². The fraction of sp³-hybridized carbons (Fsp3) is 0.0909. The zero-order chi connectivity index (χ0) is 12.1. The Morgan fingerprint density at radius 2 is 2.22 bits per heavy atom. The number of benzene rings is 1. The highest BCUT2D eigenvalue weighted by molar-refractivity contribution is 6.11. The number of nitrogens with zero attached hydrogens (tertiary/aromatic N) is 5. The standard InChI is InChI=1S/C11H8N6O/c1-18-6-2-3-9-7(4-6)8-5-12-17-11(10(8)13-9)14-15-16-17/h2-5,13H,1H3. The second kappa shape index (κ2) is 3.16. The van der Waals surface area contributed by atoms with E-state index in [1.54, 1.807) is 13.3 Å². The van der Waals surface area contributed by atoms with Crippen molar-refractivity contribution in [3.63, 3.8) is 0 Å². The summed E-state index contributed by atoms with van der Waals surface area (Å²) < 4.78 is 6.63. The summed E-state index contributed by atoms with van der Waals surface area (Å²) in [5.41, 5.74) is 2.49. The molecule has 4 rings (SSSR count). The fourth-order valence-corrected chi connectivity index (χ4v) is 2.15. The summed E-state index contributed by atoms with van der Waals surface area (Å²) in [5.74, 6) is 0.808. The largest absolute Gasteiger partial charge is 0.497 e. The number of fused-ring (bicyclic) bond motifs is 5. The highest BCUT2D eigenvalue weighted by atomic mass is 16.5. The second-order valence-corrected chi connectivity index (χ2v) is 3.96. The first-order valence-corrected chi connectivity index (χ1v) is 5.39. The number of ether oxygens (including phenoxy) is 1. The van der Waals surface area contributed by atoms with Crippen LogP contribution in [0.3, 0.4) is 0 Å². The van der Waals surface area contributed by atoms with Gasteiger partial charge in [0.05, 0.1) is 18.8 Å². The van der Waals surface area contributed by atoms with Gasteiger partial charge < -0.3 is 9.72 Å². The summed E-state index contributed by atoms with van der Waals surface area (Å²) >= 11 is 0. The van der Waals surface area contributed by atoms with Gasteiger partial charge in [0.1, 0.15) is 5.75 Å². The molecule has 0 aliphatic carbocycles. The van der Waals surface area contributed by atoms with Gasteiger partial charge in [-0.1, -0.05) is 0 Å². The van der Waals surface area contributed by atoms with Gasteiger partial charge in [0, 0.05) is 16.3 Å². The summed E-state index contributed by atoms with van der Waals surface area (Å²) in [6.07, 6.45) is 1.75. The van der Waals surface area contributed by atoms with Crippen molar-refractivity contribution in [3.05, 3.63) is 24.4 Å². The van der Waals surface area contributed by atoms with E-state index in [1.165, 1.54) is 4.63 Å². The van der Waals surface area contributed by atoms with Gasteiger partial charge in [-0.3, -0.25) is 0 Å². The van der Waals surface area contributed by atoms with Gasteiger partial charge in [-0.25, -0.2) is 0 Å². The van der Waals surface area contributed by atoms with Crippen molar-refractivity contribution in [2.75, 3.05) is 7.11 Å². The van der Waals surface area contributed by atoms with Crippen LogP contribution in [0.15, 0.2) is 24.4 Å². The first-order chi connectivity index (χ1) is 8.86. The number of rotatable bonds is 1. The monoisotopic (exact) mass is 240 g/mol. The molecule has 0 radical (unpaired) electrons. The third kappa shape index (κ3) is 1.07. The van der Waals surface area contributed by atoms with E-state index in [2.05, 4.69) is 25.6 Å². The molecule has 1 N–H and O–H groups in total. The lowest BCUT2D eigenvalue weighted by molar-refractivity contribution is 0.415. The quantitative estimate of drug-likeness (QED) is 0.540. The summed E-state index contributed by atoms with van der Waals surface area (Å²) in [4.78, 5) is 3.30. The van der Waals surface area contributed by atoms with Gasteiger partial charge >= 0.3 is 0 Å². The smallest absolute Gasteiger partial charge is 0.223 e. The van der Waals surface area contributed by atoms with E-state index in [0.29, 0.717) is 5.65 Å². The van der Waals surface area contributed by atoms with Crippen LogP contribution in [0.25, 0.3) is 27.5 Å². The third-order valence-electron chi connectivity index (χ3n) is 3.02. The molecule has 0 aliphatic heterocycles. The number of nitrogens with one attached hydrogen (secondary N) is 1. The van der Waals surface area contributed by atoms with Crippen molar-refractivity contribution in [2.45, 2.75) is 0 Å². The molecule has 0 amide bonds. The van der Waals surface area contributed by atoms with Crippen LogP contribution in [0.1, 0.15) is 0 Å². The summed E-state index contributed by atoms with van der Waals surface area (Å²) in [7, 11) is 1.65. The third-order valence-corrected chi connectivity index (χ3v) is 3.02. The number of hydrogen-bond acceptors (Lipinski definition) is 5. The Balaban J connectivity index is 2.23. The zero-order valence-electron chi connectivity index (χ0n) is 9.45. The van der Waals surface area contributed by atoms with Crippen LogP contribution in [-0.4, -0.2) is 37.3 Å². The van der Waals surface area contributed by atoms with Crippen molar-refractivity contribution in [1.29, 1.82) is 0 Å². The highest BCUT2D eigenvalue weighted by Crippen LogP contribution is 2.29. The van der Waals surface area contributed by atoms with Crippen molar-refractivity contribution in [3.8, 4) is 5.75 Å². The van der Waals surface area contributed by atoms with Crippen LogP contribution in [0.2, 0.25) is 0 Å². The lowest BCUT2D eigenvalue weighted by atomic mass is 10.2. The van der Waals surface area contributed by atoms with Gasteiger partial charge in [0.15, 0.2) is 0 Å². The molecule has 0 saturated carbocycles. The van der Waals surface area contributed by atoms with Crippen LogP contribution in [0, 0.1) is 0 Å². The van der Waals surface area contributed by atoms with E-state index in [4.69, 9.17) is 4.74 Å². The molecule has 0 fully saturated rings. The van der Waals surface area contributed by atoms with Crippen LogP contribution < -0.4 is 4.74 Å². The van der Waals surface area contributed by atoms with Crippen molar-refractivity contribution < 1.29 is 4.74 Å². The fourth-order valence-electron chi connectivity index (χ4n) is 2.15. The average molecular weight is 240 g/mol. The van der Waals surface area contributed by atoms with Gasteiger partial charge in [0.25, 0.3) is 0 Å². The Morgan fingerprint density at radius 3 is 3.11 bits per heavy atom. The zero-order valence-corrected chi connectivity index (χ0v) is 9.45. The number of H-pyrrole nitrogens is 1.